The van der Waals surface area contributed by atoms with Gasteiger partial charge in [-0.1, -0.05) is 41.6 Å². The number of nitrogens with two attached hydrogens (primary N) is 1. The zero-order chi connectivity index (χ0) is 13.1. The summed E-state index contributed by atoms with van der Waals surface area (Å²) < 4.78 is 5.73. The van der Waals surface area contributed by atoms with Crippen LogP contribution >= 0.6 is 11.8 Å². The smallest absolute Gasteiger partial charge is 0.277 e. The summed E-state index contributed by atoms with van der Waals surface area (Å²) in [6.45, 7) is 3.27. The van der Waals surface area contributed by atoms with Gasteiger partial charge in [0.15, 0.2) is 6.04 Å². The van der Waals surface area contributed by atoms with Gasteiger partial charge in [-0.15, -0.1) is 10.2 Å². The average molecular weight is 276 g/mol. The fraction of sp³-hybridized carbons (Fsp3) is 0.429. The van der Waals surface area contributed by atoms with Crippen LogP contribution in [0.2, 0.25) is 0 Å². The van der Waals surface area contributed by atoms with Crippen LogP contribution in [0.15, 0.2) is 33.9 Å². The van der Waals surface area contributed by atoms with Gasteiger partial charge in [0.1, 0.15) is 0 Å². The van der Waals surface area contributed by atoms with Crippen LogP contribution in [0.3, 0.4) is 0 Å². The molecule has 3 rings (SSSR count). The number of nitrogens with zero attached hydrogens (tertiary/aromatic N) is 2. The van der Waals surface area contributed by atoms with E-state index in [0.717, 1.165) is 18.1 Å². The largest absolute Gasteiger partial charge is 0.410 e. The van der Waals surface area contributed by atoms with Crippen LogP contribution in [-0.4, -0.2) is 16.7 Å². The third-order valence-corrected chi connectivity index (χ3v) is 4.24. The first-order chi connectivity index (χ1) is 9.31. The molecule has 19 heavy (non-hydrogen) atoms. The second kappa shape index (κ2) is 5.75. The number of quaternary nitrogens is 1. The fourth-order valence-corrected chi connectivity index (χ4v) is 3.09. The van der Waals surface area contributed by atoms with Gasteiger partial charge in [0.25, 0.3) is 11.1 Å². The van der Waals surface area contributed by atoms with E-state index in [1.807, 2.05) is 0 Å². The maximum atomic E-state index is 5.73. The molecule has 1 aliphatic heterocycles. The summed E-state index contributed by atoms with van der Waals surface area (Å²) >= 11 is 1.61. The van der Waals surface area contributed by atoms with Crippen LogP contribution in [0.25, 0.3) is 0 Å². The van der Waals surface area contributed by atoms with E-state index >= 15 is 0 Å². The summed E-state index contributed by atoms with van der Waals surface area (Å²) in [5, 5.41) is 11.2. The molecular formula is C14H18N3OS+. The zero-order valence-electron chi connectivity index (χ0n) is 11.0. The molecule has 1 saturated heterocycles. The van der Waals surface area contributed by atoms with Crippen molar-refractivity contribution in [3.63, 3.8) is 0 Å². The van der Waals surface area contributed by atoms with Crippen LogP contribution in [0.1, 0.15) is 35.9 Å². The van der Waals surface area contributed by atoms with Crippen molar-refractivity contribution in [2.75, 3.05) is 6.54 Å². The van der Waals surface area contributed by atoms with Crippen molar-refractivity contribution < 1.29 is 9.73 Å². The Morgan fingerprint density at radius 1 is 1.42 bits per heavy atom. The third kappa shape index (κ3) is 3.16. The van der Waals surface area contributed by atoms with E-state index in [4.69, 9.17) is 4.42 Å². The van der Waals surface area contributed by atoms with Crippen molar-refractivity contribution in [1.29, 1.82) is 0 Å². The van der Waals surface area contributed by atoms with Crippen LogP contribution < -0.4 is 5.32 Å². The van der Waals surface area contributed by atoms with E-state index in [9.17, 15) is 0 Å². The standard InChI is InChI=1S/C14H17N3OS/c1-10-4-2-5-11(8-10)9-19-14-17-16-13(18-14)12-6-3-7-15-12/h2,4-5,8,12,15H,3,6-7,9H2,1H3/p+1/t12-/m1/s1. The topological polar surface area (TPSA) is 55.5 Å². The Morgan fingerprint density at radius 2 is 2.37 bits per heavy atom. The maximum Gasteiger partial charge on any atom is 0.277 e. The number of thioether (sulfide) groups is 1. The Labute approximate surface area is 117 Å². The van der Waals surface area contributed by atoms with E-state index in [0.29, 0.717) is 11.3 Å². The molecule has 4 nitrogen and oxygen atoms in total. The van der Waals surface area contributed by atoms with E-state index in [2.05, 4.69) is 46.7 Å². The summed E-state index contributed by atoms with van der Waals surface area (Å²) in [6.07, 6.45) is 2.38. The SMILES string of the molecule is Cc1cccc(CSc2nnc([C@H]3CCC[NH2+]3)o2)c1. The van der Waals surface area contributed by atoms with Crippen molar-refractivity contribution in [1.82, 2.24) is 10.2 Å². The molecule has 0 radical (unpaired) electrons. The van der Waals surface area contributed by atoms with Gasteiger partial charge in [-0.05, 0) is 12.5 Å². The number of hydrogen-bond acceptors (Lipinski definition) is 4. The van der Waals surface area contributed by atoms with Crippen LogP contribution in [0.4, 0.5) is 0 Å². The van der Waals surface area contributed by atoms with Gasteiger partial charge < -0.3 is 9.73 Å². The normalized spacial score (nSPS) is 18.9. The van der Waals surface area contributed by atoms with Crippen molar-refractivity contribution >= 4 is 11.8 Å². The number of hydrogen-bond donors (Lipinski definition) is 1. The summed E-state index contributed by atoms with van der Waals surface area (Å²) in [4.78, 5) is 0. The van der Waals surface area contributed by atoms with Gasteiger partial charge in [-0.2, -0.15) is 0 Å². The lowest BCUT2D eigenvalue weighted by Gasteiger charge is -2.00. The average Bonchev–Trinajstić information content (AvgIpc) is 3.07. The molecule has 0 unspecified atom stereocenters. The molecule has 0 saturated carbocycles. The molecule has 0 bridgehead atoms. The third-order valence-electron chi connectivity index (χ3n) is 3.35. The molecule has 5 heteroatoms. The summed E-state index contributed by atoms with van der Waals surface area (Å²) in [5.41, 5.74) is 2.57. The predicted molar refractivity (Wildman–Crippen MR) is 73.8 cm³/mol. The number of aromatic nitrogens is 2. The molecule has 0 spiro atoms. The Morgan fingerprint density at radius 3 is 3.16 bits per heavy atom. The number of aryl methyl sites for hydroxylation is 1. The van der Waals surface area contributed by atoms with Crippen molar-refractivity contribution in [3.05, 3.63) is 41.3 Å². The van der Waals surface area contributed by atoms with Gasteiger partial charge >= 0.3 is 0 Å². The van der Waals surface area contributed by atoms with E-state index < -0.39 is 0 Å². The minimum absolute atomic E-state index is 0.376. The fourth-order valence-electron chi connectivity index (χ4n) is 2.37. The molecular weight excluding hydrogens is 258 g/mol. The zero-order valence-corrected chi connectivity index (χ0v) is 11.8. The lowest BCUT2D eigenvalue weighted by molar-refractivity contribution is -0.678. The van der Waals surface area contributed by atoms with Crippen molar-refractivity contribution in [2.45, 2.75) is 36.8 Å². The molecule has 2 N–H and O–H groups in total. The highest BCUT2D eigenvalue weighted by molar-refractivity contribution is 7.98. The first kappa shape index (κ1) is 12.7. The van der Waals surface area contributed by atoms with Crippen molar-refractivity contribution in [2.24, 2.45) is 0 Å². The first-order valence-corrected chi connectivity index (χ1v) is 7.65. The van der Waals surface area contributed by atoms with Gasteiger partial charge in [0.2, 0.25) is 0 Å². The predicted octanol–water partition coefficient (Wildman–Crippen LogP) is 2.07. The van der Waals surface area contributed by atoms with Crippen LogP contribution in [0, 0.1) is 6.92 Å². The second-order valence-electron chi connectivity index (χ2n) is 4.96. The molecule has 1 aromatic heterocycles. The lowest BCUT2D eigenvalue weighted by atomic mass is 10.2. The molecule has 1 fully saturated rings. The molecule has 0 aliphatic carbocycles. The van der Waals surface area contributed by atoms with Crippen LogP contribution in [-0.2, 0) is 5.75 Å². The maximum absolute atomic E-state index is 5.73. The van der Waals surface area contributed by atoms with Gasteiger partial charge in [-0.25, -0.2) is 0 Å². The number of benzene rings is 1. The Hall–Kier alpha value is -1.33. The molecule has 1 aromatic carbocycles. The summed E-state index contributed by atoms with van der Waals surface area (Å²) in [7, 11) is 0. The first-order valence-electron chi connectivity index (χ1n) is 6.66. The molecule has 0 amide bonds. The van der Waals surface area contributed by atoms with E-state index in [1.54, 1.807) is 11.8 Å². The Kier molecular flexibility index (Phi) is 3.84. The molecule has 100 valence electrons. The van der Waals surface area contributed by atoms with Gasteiger partial charge in [-0.3, -0.25) is 0 Å². The molecule has 2 heterocycles. The summed E-state index contributed by atoms with van der Waals surface area (Å²) in [6, 6.07) is 8.88. The summed E-state index contributed by atoms with van der Waals surface area (Å²) in [5.74, 6) is 1.65. The molecule has 2 aromatic rings. The quantitative estimate of drug-likeness (QED) is 0.869. The minimum Gasteiger partial charge on any atom is -0.410 e. The number of rotatable bonds is 4. The minimum atomic E-state index is 0.376. The highest BCUT2D eigenvalue weighted by Gasteiger charge is 2.26. The molecule has 1 aliphatic rings. The lowest BCUT2D eigenvalue weighted by Crippen LogP contribution is -2.81. The van der Waals surface area contributed by atoms with Crippen molar-refractivity contribution in [3.8, 4) is 0 Å². The van der Waals surface area contributed by atoms with E-state index in [-0.39, 0.29) is 0 Å². The van der Waals surface area contributed by atoms with E-state index in [1.165, 1.54) is 24.1 Å². The Bertz CT molecular complexity index is 549. The molecule has 1 atom stereocenters. The van der Waals surface area contributed by atoms with Gasteiger partial charge in [0.05, 0.1) is 6.54 Å². The van der Waals surface area contributed by atoms with Gasteiger partial charge in [0, 0.05) is 18.6 Å². The second-order valence-corrected chi connectivity index (χ2v) is 5.88. The monoisotopic (exact) mass is 276 g/mol. The Balaban J connectivity index is 1.61. The van der Waals surface area contributed by atoms with Crippen LogP contribution in [0.5, 0.6) is 0 Å². The highest BCUT2D eigenvalue weighted by atomic mass is 32.2. The highest BCUT2D eigenvalue weighted by Crippen LogP contribution is 2.24.